The van der Waals surface area contributed by atoms with E-state index in [2.05, 4.69) is 44.1 Å². The summed E-state index contributed by atoms with van der Waals surface area (Å²) in [5.41, 5.74) is 8.33. The van der Waals surface area contributed by atoms with Gasteiger partial charge in [0.25, 0.3) is 0 Å². The molecule has 7 rings (SSSR count). The Morgan fingerprint density at radius 3 is 1.68 bits per heavy atom. The smallest absolute Gasteiger partial charge is 0.870 e. The third-order valence-corrected chi connectivity index (χ3v) is 9.69. The number of aryl methyl sites for hydroxylation is 2. The number of halogens is 1. The van der Waals surface area contributed by atoms with Crippen LogP contribution in [0.1, 0.15) is 25.0 Å². The van der Waals surface area contributed by atoms with Crippen molar-refractivity contribution in [1.29, 1.82) is 10.5 Å². The molecule has 3 heterocycles. The molecule has 0 aliphatic carbocycles. The number of carbonyl (C=O) groups excluding carboxylic acids is 2. The molecule has 302 valence electrons. The van der Waals surface area contributed by atoms with Gasteiger partial charge in [-0.25, -0.2) is 9.59 Å². The molecule has 2 aromatic heterocycles. The van der Waals surface area contributed by atoms with Crippen molar-refractivity contribution in [2.45, 2.75) is 26.9 Å². The predicted molar refractivity (Wildman–Crippen MR) is 227 cm³/mol. The van der Waals surface area contributed by atoms with Crippen molar-refractivity contribution in [3.63, 3.8) is 0 Å². The Bertz CT molecular complexity index is 2450. The molecule has 4 amide bonds. The number of hydrogen-bond donors (Lipinski definition) is 4. The fourth-order valence-electron chi connectivity index (χ4n) is 6.96. The Labute approximate surface area is 391 Å². The van der Waals surface area contributed by atoms with Crippen LogP contribution in [0.5, 0.6) is 11.5 Å². The van der Waals surface area contributed by atoms with E-state index in [9.17, 15) is 20.1 Å². The quantitative estimate of drug-likeness (QED) is 0.112. The van der Waals surface area contributed by atoms with Crippen LogP contribution >= 0.6 is 11.6 Å². The standard InChI is InChI=1S/C21H21ClN4O2.C21H20N4O2.CH4O.K.H2O/c1-3-26-19-12-16(28-2)8-9-17(19)18(13-23)20(26)14-4-6-15(7-5-14)25-21(27)24-11-10-22;1-3-24-19-12-16(27-2)8-9-17(19)18(13-22)20(24)14-4-6-15(7-5-14)25-11-10-23-21(25)26;1-2;;/h4-9,12H,3,10-11H2,1-2H3,(H2,24,25,27);4-9,12H,3,10-11H2,1-2H3,(H,23,26);2H,1H3;;1H2/q;;;+1;/p-1. The molecule has 1 aliphatic heterocycles. The zero-order chi connectivity index (χ0) is 41.1. The molecule has 0 unspecified atom stereocenters. The average molecular weight is 845 g/mol. The van der Waals surface area contributed by atoms with Crippen LogP contribution in [0.2, 0.25) is 0 Å². The molecule has 14 nitrogen and oxygen atoms in total. The number of hydrogen-bond acceptors (Lipinski definition) is 8. The van der Waals surface area contributed by atoms with E-state index in [-0.39, 0.29) is 68.9 Å². The first-order valence-corrected chi connectivity index (χ1v) is 18.9. The van der Waals surface area contributed by atoms with Crippen molar-refractivity contribution in [3.05, 3.63) is 96.1 Å². The summed E-state index contributed by atoms with van der Waals surface area (Å²) in [4.78, 5) is 25.3. The molecule has 16 heteroatoms. The number of carbonyl (C=O) groups is 2. The summed E-state index contributed by atoms with van der Waals surface area (Å²) < 4.78 is 14.9. The number of nitrogens with zero attached hydrogens (tertiary/aromatic N) is 5. The maximum absolute atomic E-state index is 11.9. The number of alkyl halides is 1. The number of aliphatic hydroxyl groups excluding tert-OH is 1. The minimum Gasteiger partial charge on any atom is -0.870 e. The number of benzene rings is 4. The van der Waals surface area contributed by atoms with Crippen molar-refractivity contribution in [3.8, 4) is 46.2 Å². The van der Waals surface area contributed by atoms with Crippen molar-refractivity contribution in [1.82, 2.24) is 19.8 Å². The summed E-state index contributed by atoms with van der Waals surface area (Å²) >= 11 is 5.57. The van der Waals surface area contributed by atoms with E-state index in [0.29, 0.717) is 48.9 Å². The third-order valence-electron chi connectivity index (χ3n) is 9.51. The van der Waals surface area contributed by atoms with Crippen molar-refractivity contribution in [2.75, 3.05) is 57.1 Å². The van der Waals surface area contributed by atoms with Gasteiger partial charge in [0.2, 0.25) is 0 Å². The second-order valence-electron chi connectivity index (χ2n) is 12.5. The fraction of sp³-hybridized carbons (Fsp3) is 0.256. The van der Waals surface area contributed by atoms with Gasteiger partial charge in [-0.2, -0.15) is 10.5 Å². The van der Waals surface area contributed by atoms with Crippen molar-refractivity contribution in [2.24, 2.45) is 0 Å². The van der Waals surface area contributed by atoms with Gasteiger partial charge in [-0.05, 0) is 73.5 Å². The molecule has 4 aromatic carbocycles. The van der Waals surface area contributed by atoms with Gasteiger partial charge in [0, 0.05) is 80.0 Å². The number of fused-ring (bicyclic) bond motifs is 2. The fourth-order valence-corrected chi connectivity index (χ4v) is 7.06. The van der Waals surface area contributed by atoms with Crippen LogP contribution in [-0.4, -0.2) is 78.6 Å². The Balaban J connectivity index is 0.000000293. The van der Waals surface area contributed by atoms with Gasteiger partial charge in [-0.15, -0.1) is 11.6 Å². The minimum absolute atomic E-state index is 0. The molecular weight excluding hydrogens is 799 g/mol. The number of nitriles is 2. The zero-order valence-corrected chi connectivity index (χ0v) is 37.8. The van der Waals surface area contributed by atoms with E-state index in [1.54, 1.807) is 19.1 Å². The molecule has 0 atom stereocenters. The molecule has 1 aliphatic rings. The number of nitrogens with one attached hydrogen (secondary N) is 3. The van der Waals surface area contributed by atoms with E-state index in [1.165, 1.54) is 0 Å². The average Bonchev–Trinajstić information content (AvgIpc) is 3.94. The second-order valence-corrected chi connectivity index (χ2v) is 12.9. The molecular formula is C43H46ClKN8O6. The van der Waals surface area contributed by atoms with Crippen LogP contribution in [0, 0.1) is 22.7 Å². The first kappa shape index (κ1) is 48.3. The van der Waals surface area contributed by atoms with Crippen molar-refractivity contribution < 1.29 is 81.0 Å². The van der Waals surface area contributed by atoms with Gasteiger partial charge >= 0.3 is 63.4 Å². The molecule has 6 aromatic rings. The molecule has 0 spiro atoms. The largest absolute Gasteiger partial charge is 1.00 e. The summed E-state index contributed by atoms with van der Waals surface area (Å²) in [6.45, 7) is 7.27. The number of rotatable bonds is 10. The number of urea groups is 2. The Kier molecular flexibility index (Phi) is 18.8. The SMILES string of the molecule is CCn1c(-c2ccc(N3CCNC3=O)cc2)c(C#N)c2ccc(OC)cc21.CCn1c(-c2ccc(NC(=O)NCCCl)cc2)c(C#N)c2ccc(OC)cc21.CO.[K+].[OH-]. The summed E-state index contributed by atoms with van der Waals surface area (Å²) in [6, 6.07) is 31.1. The summed E-state index contributed by atoms with van der Waals surface area (Å²) in [6.07, 6.45) is 0. The predicted octanol–water partition coefficient (Wildman–Crippen LogP) is 4.74. The molecule has 59 heavy (non-hydrogen) atoms. The number of methoxy groups -OCH3 is 2. The Morgan fingerprint density at radius 1 is 0.814 bits per heavy atom. The number of ether oxygens (including phenoxy) is 2. The number of amides is 4. The molecule has 0 bridgehead atoms. The van der Waals surface area contributed by atoms with E-state index < -0.39 is 0 Å². The summed E-state index contributed by atoms with van der Waals surface area (Å²) in [5.74, 6) is 1.87. The number of aromatic nitrogens is 2. The van der Waals surface area contributed by atoms with Crippen LogP contribution in [0.3, 0.4) is 0 Å². The van der Waals surface area contributed by atoms with Crippen LogP contribution in [0.15, 0.2) is 84.9 Å². The zero-order valence-electron chi connectivity index (χ0n) is 34.0. The van der Waals surface area contributed by atoms with Gasteiger partial charge in [-0.3, -0.25) is 4.90 Å². The van der Waals surface area contributed by atoms with E-state index in [0.717, 1.165) is 75.2 Å². The molecule has 1 saturated heterocycles. The van der Waals surface area contributed by atoms with Gasteiger partial charge < -0.3 is 45.1 Å². The topological polar surface area (TPSA) is 200 Å². The first-order chi connectivity index (χ1) is 27.8. The molecule has 0 radical (unpaired) electrons. The summed E-state index contributed by atoms with van der Waals surface area (Å²) in [7, 11) is 4.27. The number of anilines is 2. The van der Waals surface area contributed by atoms with Crippen LogP contribution in [0.4, 0.5) is 21.0 Å². The molecule has 1 fully saturated rings. The number of aliphatic hydroxyl groups is 1. The van der Waals surface area contributed by atoms with Crippen LogP contribution in [-0.2, 0) is 13.1 Å². The van der Waals surface area contributed by atoms with Crippen LogP contribution in [0.25, 0.3) is 44.3 Å². The monoisotopic (exact) mass is 844 g/mol. The van der Waals surface area contributed by atoms with Gasteiger partial charge in [0.15, 0.2) is 0 Å². The normalized spacial score (nSPS) is 11.3. The van der Waals surface area contributed by atoms with E-state index in [1.807, 2.05) is 91.9 Å². The molecule has 0 saturated carbocycles. The maximum atomic E-state index is 11.9. The van der Waals surface area contributed by atoms with Gasteiger partial charge in [0.05, 0.1) is 47.8 Å². The van der Waals surface area contributed by atoms with E-state index in [4.69, 9.17) is 26.2 Å². The van der Waals surface area contributed by atoms with Crippen LogP contribution < -0.4 is 81.7 Å². The van der Waals surface area contributed by atoms with Crippen molar-refractivity contribution >= 4 is 56.8 Å². The Morgan fingerprint density at radius 2 is 1.29 bits per heavy atom. The van der Waals surface area contributed by atoms with Gasteiger partial charge in [-0.1, -0.05) is 24.3 Å². The first-order valence-electron chi connectivity index (χ1n) is 18.3. The minimum atomic E-state index is -0.305. The third kappa shape index (κ3) is 10.4. The molecule has 5 N–H and O–H groups in total. The second kappa shape index (κ2) is 22.9. The van der Waals surface area contributed by atoms with E-state index >= 15 is 0 Å². The Hall–Kier alpha value is -5.07. The van der Waals surface area contributed by atoms with Gasteiger partial charge in [0.1, 0.15) is 23.6 Å². The summed E-state index contributed by atoms with van der Waals surface area (Å²) in [5, 5.41) is 36.6. The maximum Gasteiger partial charge on any atom is 1.00 e.